The van der Waals surface area contributed by atoms with Gasteiger partial charge in [-0.2, -0.15) is 17.9 Å². The third-order valence-electron chi connectivity index (χ3n) is 4.12. The van der Waals surface area contributed by atoms with Crippen molar-refractivity contribution in [2.24, 2.45) is 0 Å². The second-order valence-corrected chi connectivity index (χ2v) is 6.36. The fourth-order valence-corrected chi connectivity index (χ4v) is 2.91. The molecule has 0 aliphatic carbocycles. The second kappa shape index (κ2) is 7.32. The van der Waals surface area contributed by atoms with Crippen LogP contribution in [0.2, 0.25) is 5.02 Å². The summed E-state index contributed by atoms with van der Waals surface area (Å²) in [6, 6.07) is 6.37. The highest BCUT2D eigenvalue weighted by Crippen LogP contribution is 2.36. The lowest BCUT2D eigenvalue weighted by Gasteiger charge is -2.27. The van der Waals surface area contributed by atoms with Gasteiger partial charge in [0.1, 0.15) is 0 Å². The molecule has 0 spiro atoms. The number of morpholine rings is 1. The van der Waals surface area contributed by atoms with Gasteiger partial charge in [-0.3, -0.25) is 0 Å². The number of tetrazole rings is 1. The van der Waals surface area contributed by atoms with E-state index < -0.39 is 11.9 Å². The van der Waals surface area contributed by atoms with Gasteiger partial charge in [0.25, 0.3) is 0 Å². The number of aromatic nitrogens is 6. The van der Waals surface area contributed by atoms with Crippen molar-refractivity contribution in [3.8, 4) is 17.1 Å². The van der Waals surface area contributed by atoms with E-state index in [1.165, 1.54) is 4.68 Å². The lowest BCUT2D eigenvalue weighted by Crippen LogP contribution is -2.37. The monoisotopic (exact) mass is 411 g/mol. The molecule has 28 heavy (non-hydrogen) atoms. The number of benzene rings is 1. The minimum atomic E-state index is -4.71. The van der Waals surface area contributed by atoms with Gasteiger partial charge >= 0.3 is 6.18 Å². The first kappa shape index (κ1) is 18.6. The molecule has 146 valence electrons. The minimum Gasteiger partial charge on any atom is -0.378 e. The third-order valence-corrected chi connectivity index (χ3v) is 4.37. The quantitative estimate of drug-likeness (QED) is 0.655. The van der Waals surface area contributed by atoms with Gasteiger partial charge in [0.2, 0.25) is 5.95 Å². The van der Waals surface area contributed by atoms with E-state index in [2.05, 4.69) is 25.5 Å². The van der Waals surface area contributed by atoms with Gasteiger partial charge in [0, 0.05) is 24.3 Å². The largest absolute Gasteiger partial charge is 0.434 e. The lowest BCUT2D eigenvalue weighted by atomic mass is 10.2. The molecule has 0 N–H and O–H groups in total. The minimum absolute atomic E-state index is 0.00936. The molecule has 3 heterocycles. The molecule has 12 heteroatoms. The van der Waals surface area contributed by atoms with E-state index in [0.717, 1.165) is 6.20 Å². The molecule has 1 fully saturated rings. The molecule has 0 bridgehead atoms. The van der Waals surface area contributed by atoms with Crippen LogP contribution >= 0.6 is 11.6 Å². The first-order valence-electron chi connectivity index (χ1n) is 8.25. The summed E-state index contributed by atoms with van der Waals surface area (Å²) in [5.41, 5.74) is -0.965. The number of ether oxygens (including phenoxy) is 1. The van der Waals surface area contributed by atoms with Gasteiger partial charge in [-0.25, -0.2) is 9.97 Å². The van der Waals surface area contributed by atoms with Crippen LogP contribution in [0.25, 0.3) is 17.1 Å². The smallest absolute Gasteiger partial charge is 0.378 e. The summed E-state index contributed by atoms with van der Waals surface area (Å²) in [6.07, 6.45) is -3.62. The maximum atomic E-state index is 13.7. The Morgan fingerprint density at radius 1 is 1.07 bits per heavy atom. The number of anilines is 1. The molecule has 0 atom stereocenters. The molecule has 0 amide bonds. The topological polar surface area (TPSA) is 81.8 Å². The highest BCUT2D eigenvalue weighted by Gasteiger charge is 2.38. The number of nitrogens with zero attached hydrogens (tertiary/aromatic N) is 7. The molecule has 1 aromatic carbocycles. The molecule has 1 aliphatic heterocycles. The van der Waals surface area contributed by atoms with Crippen molar-refractivity contribution in [2.45, 2.75) is 6.18 Å². The maximum absolute atomic E-state index is 13.7. The van der Waals surface area contributed by atoms with E-state index in [4.69, 9.17) is 16.3 Å². The highest BCUT2D eigenvalue weighted by atomic mass is 35.5. The van der Waals surface area contributed by atoms with Crippen LogP contribution in [0.3, 0.4) is 0 Å². The molecule has 4 rings (SSSR count). The van der Waals surface area contributed by atoms with Crippen molar-refractivity contribution >= 4 is 17.5 Å². The van der Waals surface area contributed by atoms with Crippen LogP contribution in [-0.2, 0) is 10.9 Å². The number of rotatable bonds is 3. The SMILES string of the molecule is FC(F)(F)c1nc(N2CCOCC2)ncc1-c1nnnn1-c1ccc(Cl)cc1. The van der Waals surface area contributed by atoms with E-state index in [0.29, 0.717) is 37.0 Å². The van der Waals surface area contributed by atoms with E-state index in [1.54, 1.807) is 29.2 Å². The van der Waals surface area contributed by atoms with Crippen molar-refractivity contribution in [2.75, 3.05) is 31.2 Å². The first-order valence-corrected chi connectivity index (χ1v) is 8.63. The van der Waals surface area contributed by atoms with Gasteiger partial charge in [-0.05, 0) is 34.7 Å². The van der Waals surface area contributed by atoms with E-state index >= 15 is 0 Å². The Balaban J connectivity index is 1.80. The van der Waals surface area contributed by atoms with Crippen molar-refractivity contribution in [1.29, 1.82) is 0 Å². The van der Waals surface area contributed by atoms with E-state index in [-0.39, 0.29) is 17.3 Å². The Kier molecular flexibility index (Phi) is 4.85. The van der Waals surface area contributed by atoms with Crippen LogP contribution in [0.15, 0.2) is 30.5 Å². The Bertz CT molecular complexity index is 971. The van der Waals surface area contributed by atoms with Gasteiger partial charge in [-0.1, -0.05) is 11.6 Å². The van der Waals surface area contributed by atoms with Crippen molar-refractivity contribution in [3.05, 3.63) is 41.2 Å². The molecule has 2 aromatic heterocycles. The molecule has 0 saturated carbocycles. The van der Waals surface area contributed by atoms with Crippen molar-refractivity contribution in [1.82, 2.24) is 30.2 Å². The number of hydrogen-bond donors (Lipinski definition) is 0. The fraction of sp³-hybridized carbons (Fsp3) is 0.312. The van der Waals surface area contributed by atoms with Gasteiger partial charge in [0.15, 0.2) is 11.5 Å². The molecule has 0 radical (unpaired) electrons. The lowest BCUT2D eigenvalue weighted by molar-refractivity contribution is -0.140. The third kappa shape index (κ3) is 3.62. The Morgan fingerprint density at radius 2 is 1.79 bits per heavy atom. The predicted octanol–water partition coefficient (Wildman–Crippen LogP) is 2.63. The molecule has 1 aliphatic rings. The fourth-order valence-electron chi connectivity index (χ4n) is 2.78. The summed E-state index contributed by atoms with van der Waals surface area (Å²) >= 11 is 5.86. The van der Waals surface area contributed by atoms with Crippen LogP contribution in [0, 0.1) is 0 Å². The molecular weight excluding hydrogens is 399 g/mol. The highest BCUT2D eigenvalue weighted by molar-refractivity contribution is 6.30. The first-order chi connectivity index (χ1) is 13.4. The zero-order valence-corrected chi connectivity index (χ0v) is 15.0. The summed E-state index contributed by atoms with van der Waals surface area (Å²) in [6.45, 7) is 1.64. The van der Waals surface area contributed by atoms with Gasteiger partial charge in [-0.15, -0.1) is 5.10 Å². The summed E-state index contributed by atoms with van der Waals surface area (Å²) in [5, 5.41) is 11.5. The predicted molar refractivity (Wildman–Crippen MR) is 93.2 cm³/mol. The summed E-state index contributed by atoms with van der Waals surface area (Å²) in [5.74, 6) is -0.131. The van der Waals surface area contributed by atoms with Gasteiger partial charge in [0.05, 0.1) is 24.5 Å². The second-order valence-electron chi connectivity index (χ2n) is 5.92. The summed E-state index contributed by atoms with van der Waals surface area (Å²) in [4.78, 5) is 9.53. The van der Waals surface area contributed by atoms with Gasteiger partial charge < -0.3 is 9.64 Å². The van der Waals surface area contributed by atoms with Crippen LogP contribution in [-0.4, -0.2) is 56.5 Å². The Hall–Kier alpha value is -2.79. The molecular formula is C16H13ClF3N7O. The standard InChI is InChI=1S/C16H13ClF3N7O/c17-10-1-3-11(4-2-10)27-14(23-24-25-27)12-9-21-15(22-13(12)16(18,19)20)26-5-7-28-8-6-26/h1-4,9H,5-8H2. The van der Waals surface area contributed by atoms with Crippen molar-refractivity contribution < 1.29 is 17.9 Å². The average Bonchev–Trinajstić information content (AvgIpc) is 3.18. The van der Waals surface area contributed by atoms with E-state index in [1.807, 2.05) is 0 Å². The van der Waals surface area contributed by atoms with Crippen LogP contribution in [0.5, 0.6) is 0 Å². The molecule has 8 nitrogen and oxygen atoms in total. The number of halogens is 4. The molecule has 1 saturated heterocycles. The summed E-state index contributed by atoms with van der Waals surface area (Å²) < 4.78 is 47.6. The number of alkyl halides is 3. The zero-order chi connectivity index (χ0) is 19.7. The van der Waals surface area contributed by atoms with Crippen molar-refractivity contribution in [3.63, 3.8) is 0 Å². The Morgan fingerprint density at radius 3 is 2.46 bits per heavy atom. The van der Waals surface area contributed by atoms with E-state index in [9.17, 15) is 13.2 Å². The normalized spacial score (nSPS) is 15.1. The molecule has 0 unspecified atom stereocenters. The Labute approximate surface area is 161 Å². The van der Waals surface area contributed by atoms with Crippen LogP contribution in [0.1, 0.15) is 5.69 Å². The zero-order valence-electron chi connectivity index (χ0n) is 14.3. The number of hydrogen-bond acceptors (Lipinski definition) is 7. The average molecular weight is 412 g/mol. The molecule has 3 aromatic rings. The van der Waals surface area contributed by atoms with Crippen LogP contribution < -0.4 is 4.90 Å². The summed E-state index contributed by atoms with van der Waals surface area (Å²) in [7, 11) is 0. The van der Waals surface area contributed by atoms with Crippen LogP contribution in [0.4, 0.5) is 19.1 Å². The maximum Gasteiger partial charge on any atom is 0.434 e.